The predicted molar refractivity (Wildman–Crippen MR) is 185 cm³/mol. The molecule has 5 aromatic rings. The first-order valence-corrected chi connectivity index (χ1v) is 16.1. The molecule has 1 heterocycles. The molecular weight excluding hydrogens is 584 g/mol. The van der Waals surface area contributed by atoms with Gasteiger partial charge in [-0.05, 0) is 54.7 Å². The van der Waals surface area contributed by atoms with Crippen LogP contribution in [0.2, 0.25) is 0 Å². The molecule has 1 aliphatic rings. The summed E-state index contributed by atoms with van der Waals surface area (Å²) in [5.74, 6) is -0.877. The van der Waals surface area contributed by atoms with Gasteiger partial charge >= 0.3 is 5.97 Å². The molecule has 0 saturated heterocycles. The van der Waals surface area contributed by atoms with Gasteiger partial charge in [-0.3, -0.25) is 14.9 Å². The van der Waals surface area contributed by atoms with Gasteiger partial charge in [0.1, 0.15) is 6.04 Å². The highest BCUT2D eigenvalue weighted by Gasteiger charge is 2.60. The molecular formula is C41H40N2O4. The first-order valence-electron chi connectivity index (χ1n) is 16.1. The molecule has 1 aliphatic heterocycles. The zero-order valence-electron chi connectivity index (χ0n) is 27.1. The van der Waals surface area contributed by atoms with Crippen molar-refractivity contribution >= 4 is 17.6 Å². The van der Waals surface area contributed by atoms with Crippen molar-refractivity contribution < 1.29 is 19.1 Å². The average Bonchev–Trinajstić information content (AvgIpc) is 3.32. The van der Waals surface area contributed by atoms with E-state index in [1.54, 1.807) is 11.8 Å². The number of nitrogens with one attached hydrogen (secondary N) is 1. The van der Waals surface area contributed by atoms with Crippen LogP contribution in [0.5, 0.6) is 0 Å². The lowest BCUT2D eigenvalue weighted by Gasteiger charge is -2.38. The van der Waals surface area contributed by atoms with E-state index in [2.05, 4.69) is 5.32 Å². The van der Waals surface area contributed by atoms with Crippen molar-refractivity contribution in [1.29, 1.82) is 0 Å². The molecule has 0 spiro atoms. The quantitative estimate of drug-likeness (QED) is 0.145. The second kappa shape index (κ2) is 14.2. The summed E-state index contributed by atoms with van der Waals surface area (Å²) in [6.45, 7) is 6.36. The number of anilines is 1. The third kappa shape index (κ3) is 6.48. The highest BCUT2D eigenvalue weighted by Crippen LogP contribution is 2.48. The second-order valence-corrected chi connectivity index (χ2v) is 12.0. The van der Waals surface area contributed by atoms with E-state index >= 15 is 4.79 Å². The number of fused-ring (bicyclic) bond motifs is 1. The molecule has 238 valence electrons. The highest BCUT2D eigenvalue weighted by molar-refractivity contribution is 6.10. The summed E-state index contributed by atoms with van der Waals surface area (Å²) in [7, 11) is 0. The number of amides is 1. The highest BCUT2D eigenvalue weighted by atomic mass is 16.5. The third-order valence-corrected chi connectivity index (χ3v) is 8.83. The summed E-state index contributed by atoms with van der Waals surface area (Å²) in [6.07, 6.45) is 0. The lowest BCUT2D eigenvalue weighted by Crippen LogP contribution is -2.60. The average molecular weight is 625 g/mol. The van der Waals surface area contributed by atoms with Crippen LogP contribution in [0.25, 0.3) is 0 Å². The van der Waals surface area contributed by atoms with Crippen molar-refractivity contribution in [2.45, 2.75) is 51.6 Å². The number of carbonyl (C=O) groups is 2. The second-order valence-electron chi connectivity index (χ2n) is 12.0. The first kappa shape index (κ1) is 31.9. The van der Waals surface area contributed by atoms with Gasteiger partial charge in [0.25, 0.3) is 5.91 Å². The van der Waals surface area contributed by atoms with E-state index in [-0.39, 0.29) is 19.1 Å². The molecule has 0 saturated carbocycles. The van der Waals surface area contributed by atoms with Gasteiger partial charge in [-0.1, -0.05) is 133 Å². The normalized spacial score (nSPS) is 16.3. The summed E-state index contributed by atoms with van der Waals surface area (Å²) < 4.78 is 12.8. The lowest BCUT2D eigenvalue weighted by atomic mass is 9.84. The Bertz CT molecular complexity index is 1790. The van der Waals surface area contributed by atoms with E-state index in [1.807, 2.05) is 147 Å². The van der Waals surface area contributed by atoms with Gasteiger partial charge in [-0.15, -0.1) is 0 Å². The molecule has 0 radical (unpaired) electrons. The van der Waals surface area contributed by atoms with Crippen molar-refractivity contribution in [1.82, 2.24) is 5.32 Å². The van der Waals surface area contributed by atoms with Crippen LogP contribution < -0.4 is 10.2 Å². The van der Waals surface area contributed by atoms with Crippen LogP contribution in [-0.4, -0.2) is 24.5 Å². The van der Waals surface area contributed by atoms with E-state index in [0.29, 0.717) is 17.8 Å². The van der Waals surface area contributed by atoms with Gasteiger partial charge in [0.05, 0.1) is 31.5 Å². The molecule has 0 aromatic heterocycles. The molecule has 2 atom stereocenters. The fourth-order valence-corrected chi connectivity index (χ4v) is 6.42. The Balaban J connectivity index is 1.55. The van der Waals surface area contributed by atoms with Crippen LogP contribution in [0.1, 0.15) is 51.9 Å². The van der Waals surface area contributed by atoms with Crippen molar-refractivity contribution in [3.63, 3.8) is 0 Å². The summed E-state index contributed by atoms with van der Waals surface area (Å²) >= 11 is 0. The van der Waals surface area contributed by atoms with Crippen LogP contribution in [-0.2, 0) is 37.8 Å². The Hall–Kier alpha value is -5.04. The van der Waals surface area contributed by atoms with E-state index in [1.165, 1.54) is 0 Å². The Labute approximate surface area is 277 Å². The SMILES string of the molecule is CCOC(=O)[C@H](NC(c1ccccc1)c1ccccc1)[C@]1(OCc2ccccc2C)C(=O)N(Cc2ccccc2)c2ccc(C)cc21. The smallest absolute Gasteiger partial charge is 0.327 e. The molecule has 1 N–H and O–H groups in total. The first-order chi connectivity index (χ1) is 22.9. The summed E-state index contributed by atoms with van der Waals surface area (Å²) in [5, 5.41) is 3.63. The molecule has 6 heteroatoms. The lowest BCUT2D eigenvalue weighted by molar-refractivity contribution is -0.169. The van der Waals surface area contributed by atoms with Gasteiger partial charge in [-0.2, -0.15) is 0 Å². The van der Waals surface area contributed by atoms with E-state index in [0.717, 1.165) is 33.4 Å². The van der Waals surface area contributed by atoms with Crippen molar-refractivity contribution in [2.75, 3.05) is 11.5 Å². The Morgan fingerprint density at radius 2 is 1.38 bits per heavy atom. The molecule has 6 nitrogen and oxygen atoms in total. The molecule has 1 amide bonds. The van der Waals surface area contributed by atoms with Gasteiger partial charge < -0.3 is 14.4 Å². The van der Waals surface area contributed by atoms with Gasteiger partial charge in [0, 0.05) is 5.56 Å². The minimum atomic E-state index is -1.74. The molecule has 0 aliphatic carbocycles. The zero-order valence-corrected chi connectivity index (χ0v) is 27.1. The number of nitrogens with zero attached hydrogens (tertiary/aromatic N) is 1. The van der Waals surface area contributed by atoms with Crippen LogP contribution >= 0.6 is 0 Å². The van der Waals surface area contributed by atoms with Crippen molar-refractivity contribution in [2.24, 2.45) is 0 Å². The minimum absolute atomic E-state index is 0.115. The zero-order chi connectivity index (χ0) is 32.8. The largest absolute Gasteiger partial charge is 0.465 e. The van der Waals surface area contributed by atoms with Crippen LogP contribution in [0.15, 0.2) is 133 Å². The molecule has 6 rings (SSSR count). The molecule has 47 heavy (non-hydrogen) atoms. The van der Waals surface area contributed by atoms with Gasteiger partial charge in [0.2, 0.25) is 0 Å². The Kier molecular flexibility index (Phi) is 9.62. The van der Waals surface area contributed by atoms with Gasteiger partial charge in [0.15, 0.2) is 5.60 Å². The summed E-state index contributed by atoms with van der Waals surface area (Å²) in [5.41, 5.74) is 5.37. The van der Waals surface area contributed by atoms with Crippen LogP contribution in [0, 0.1) is 13.8 Å². The maximum Gasteiger partial charge on any atom is 0.327 e. The molecule has 0 fully saturated rings. The molecule has 0 bridgehead atoms. The van der Waals surface area contributed by atoms with Crippen molar-refractivity contribution in [3.05, 3.63) is 172 Å². The number of rotatable bonds is 12. The summed E-state index contributed by atoms with van der Waals surface area (Å²) in [6, 6.07) is 42.0. The fraction of sp³-hybridized carbons (Fsp3) is 0.220. The molecule has 0 unspecified atom stereocenters. The number of hydrogen-bond donors (Lipinski definition) is 1. The number of aryl methyl sites for hydroxylation is 2. The number of carbonyl (C=O) groups excluding carboxylic acids is 2. The molecule has 5 aromatic carbocycles. The maximum absolute atomic E-state index is 15.3. The number of esters is 1. The standard InChI is InChI=1S/C41H40N2O4/c1-4-46-39(44)38(42-37(32-19-10-6-11-20-32)33-21-12-7-13-22-33)41(47-28-34-23-15-14-16-30(34)3)35-26-29(2)24-25-36(35)43(40(41)45)27-31-17-8-5-9-18-31/h5-26,37-38,42H,4,27-28H2,1-3H3/t38-,41-/m0/s1. The van der Waals surface area contributed by atoms with Crippen LogP contribution in [0.4, 0.5) is 5.69 Å². The van der Waals surface area contributed by atoms with Crippen LogP contribution in [0.3, 0.4) is 0 Å². The monoisotopic (exact) mass is 624 g/mol. The van der Waals surface area contributed by atoms with Gasteiger partial charge in [-0.25, -0.2) is 0 Å². The predicted octanol–water partition coefficient (Wildman–Crippen LogP) is 7.57. The summed E-state index contributed by atoms with van der Waals surface area (Å²) in [4.78, 5) is 31.4. The minimum Gasteiger partial charge on any atom is -0.465 e. The number of ether oxygens (including phenoxy) is 2. The Morgan fingerprint density at radius 3 is 2.00 bits per heavy atom. The third-order valence-electron chi connectivity index (χ3n) is 8.83. The fourth-order valence-electron chi connectivity index (χ4n) is 6.42. The maximum atomic E-state index is 15.3. The van der Waals surface area contributed by atoms with Crippen molar-refractivity contribution in [3.8, 4) is 0 Å². The van der Waals surface area contributed by atoms with E-state index in [4.69, 9.17) is 9.47 Å². The number of benzene rings is 5. The Morgan fingerprint density at radius 1 is 0.787 bits per heavy atom. The van der Waals surface area contributed by atoms with E-state index < -0.39 is 23.7 Å². The van der Waals surface area contributed by atoms with E-state index in [9.17, 15) is 4.79 Å². The topological polar surface area (TPSA) is 67.9 Å². The number of hydrogen-bond acceptors (Lipinski definition) is 5.